The van der Waals surface area contributed by atoms with Crippen LogP contribution in [0, 0.1) is 0 Å². The third-order valence-corrected chi connectivity index (χ3v) is 3.66. The lowest BCUT2D eigenvalue weighted by atomic mass is 10.2. The lowest BCUT2D eigenvalue weighted by Crippen LogP contribution is -2.26. The Morgan fingerprint density at radius 2 is 2.24 bits per heavy atom. The van der Waals surface area contributed by atoms with Crippen LogP contribution in [0.1, 0.15) is 20.9 Å². The highest BCUT2D eigenvalue weighted by Crippen LogP contribution is 2.18. The van der Waals surface area contributed by atoms with Gasteiger partial charge in [-0.15, -0.1) is 11.3 Å². The van der Waals surface area contributed by atoms with Gasteiger partial charge in [0, 0.05) is 24.2 Å². The standard InChI is InChI=1S/C15H14N2O3S/c1-17(15(20)13-4-2-3-7-16-13)9-12-8-11(10-21-12)5-6-14(18)19/h2-8,10H,9H2,1H3,(H,18,19). The molecule has 0 aliphatic rings. The van der Waals surface area contributed by atoms with Gasteiger partial charge in [-0.1, -0.05) is 6.07 Å². The topological polar surface area (TPSA) is 70.5 Å². The molecule has 0 fully saturated rings. The summed E-state index contributed by atoms with van der Waals surface area (Å²) in [4.78, 5) is 29.2. The second-order valence-corrected chi connectivity index (χ2v) is 5.39. The Kier molecular flexibility index (Phi) is 4.84. The molecular formula is C15H14N2O3S. The van der Waals surface area contributed by atoms with Gasteiger partial charge in [0.05, 0.1) is 6.54 Å². The molecule has 2 heterocycles. The molecular weight excluding hydrogens is 288 g/mol. The fraction of sp³-hybridized carbons (Fsp3) is 0.133. The van der Waals surface area contributed by atoms with Crippen molar-refractivity contribution in [1.82, 2.24) is 9.88 Å². The molecule has 6 heteroatoms. The minimum atomic E-state index is -0.981. The molecule has 0 unspecified atom stereocenters. The molecule has 2 aromatic rings. The van der Waals surface area contributed by atoms with Crippen molar-refractivity contribution in [2.45, 2.75) is 6.54 Å². The highest BCUT2D eigenvalue weighted by molar-refractivity contribution is 7.10. The highest BCUT2D eigenvalue weighted by Gasteiger charge is 2.13. The fourth-order valence-corrected chi connectivity index (χ4v) is 2.63. The zero-order valence-electron chi connectivity index (χ0n) is 11.4. The van der Waals surface area contributed by atoms with Crippen molar-refractivity contribution in [2.24, 2.45) is 0 Å². The van der Waals surface area contributed by atoms with E-state index in [2.05, 4.69) is 4.98 Å². The van der Waals surface area contributed by atoms with Gasteiger partial charge >= 0.3 is 5.97 Å². The minimum absolute atomic E-state index is 0.147. The van der Waals surface area contributed by atoms with E-state index in [1.807, 2.05) is 11.4 Å². The van der Waals surface area contributed by atoms with Gasteiger partial charge in [0.2, 0.25) is 0 Å². The average Bonchev–Trinajstić information content (AvgIpc) is 2.92. The molecule has 0 atom stereocenters. The zero-order chi connectivity index (χ0) is 15.2. The Bertz CT molecular complexity index is 665. The van der Waals surface area contributed by atoms with Crippen molar-refractivity contribution in [3.05, 3.63) is 58.1 Å². The van der Waals surface area contributed by atoms with Crippen molar-refractivity contribution in [3.8, 4) is 0 Å². The molecule has 0 saturated heterocycles. The number of hydrogen-bond acceptors (Lipinski definition) is 4. The second-order valence-electron chi connectivity index (χ2n) is 4.39. The number of hydrogen-bond donors (Lipinski definition) is 1. The quantitative estimate of drug-likeness (QED) is 0.862. The van der Waals surface area contributed by atoms with Crippen LogP contribution in [-0.2, 0) is 11.3 Å². The van der Waals surface area contributed by atoms with Crippen LogP contribution < -0.4 is 0 Å². The number of amides is 1. The fourth-order valence-electron chi connectivity index (χ4n) is 1.73. The van der Waals surface area contributed by atoms with Crippen LogP contribution in [0.3, 0.4) is 0 Å². The maximum Gasteiger partial charge on any atom is 0.328 e. The summed E-state index contributed by atoms with van der Waals surface area (Å²) in [6, 6.07) is 7.08. The van der Waals surface area contributed by atoms with Gasteiger partial charge in [-0.05, 0) is 35.2 Å². The molecule has 5 nitrogen and oxygen atoms in total. The van der Waals surface area contributed by atoms with E-state index in [0.29, 0.717) is 12.2 Å². The first-order valence-electron chi connectivity index (χ1n) is 6.21. The molecule has 1 amide bonds. The molecule has 0 bridgehead atoms. The number of aromatic nitrogens is 1. The lowest BCUT2D eigenvalue weighted by Gasteiger charge is -2.15. The molecule has 108 valence electrons. The van der Waals surface area contributed by atoms with Gasteiger partial charge in [0.15, 0.2) is 0 Å². The average molecular weight is 302 g/mol. The zero-order valence-corrected chi connectivity index (χ0v) is 12.2. The van der Waals surface area contributed by atoms with E-state index < -0.39 is 5.97 Å². The predicted octanol–water partition coefficient (Wildman–Crippen LogP) is 2.51. The Hall–Kier alpha value is -2.47. The van der Waals surface area contributed by atoms with Crippen LogP contribution in [0.15, 0.2) is 41.9 Å². The summed E-state index contributed by atoms with van der Waals surface area (Å²) in [5.74, 6) is -1.13. The molecule has 0 aromatic carbocycles. The normalized spacial score (nSPS) is 10.7. The van der Waals surface area contributed by atoms with Crippen molar-refractivity contribution in [2.75, 3.05) is 7.05 Å². The summed E-state index contributed by atoms with van der Waals surface area (Å²) < 4.78 is 0. The summed E-state index contributed by atoms with van der Waals surface area (Å²) in [5, 5.41) is 10.4. The molecule has 0 radical (unpaired) electrons. The number of rotatable bonds is 5. The second kappa shape index (κ2) is 6.81. The first-order valence-corrected chi connectivity index (χ1v) is 7.09. The van der Waals surface area contributed by atoms with Crippen molar-refractivity contribution in [1.29, 1.82) is 0 Å². The monoisotopic (exact) mass is 302 g/mol. The van der Waals surface area contributed by atoms with E-state index in [1.54, 1.807) is 36.3 Å². The van der Waals surface area contributed by atoms with Gasteiger partial charge in [0.25, 0.3) is 5.91 Å². The Labute approximate surface area is 126 Å². The van der Waals surface area contributed by atoms with E-state index >= 15 is 0 Å². The summed E-state index contributed by atoms with van der Waals surface area (Å²) >= 11 is 1.48. The van der Waals surface area contributed by atoms with Gasteiger partial charge in [0.1, 0.15) is 5.69 Å². The Morgan fingerprint density at radius 3 is 2.90 bits per heavy atom. The number of aliphatic carboxylic acids is 1. The van der Waals surface area contributed by atoms with Crippen LogP contribution in [0.5, 0.6) is 0 Å². The number of carboxylic acid groups (broad SMARTS) is 1. The summed E-state index contributed by atoms with van der Waals surface area (Å²) in [6.45, 7) is 0.459. The Balaban J connectivity index is 2.01. The first-order chi connectivity index (χ1) is 10.1. The molecule has 2 aromatic heterocycles. The van der Waals surface area contributed by atoms with Crippen molar-refractivity contribution < 1.29 is 14.7 Å². The van der Waals surface area contributed by atoms with Crippen LogP contribution in [0.25, 0.3) is 6.08 Å². The number of pyridine rings is 1. The van der Waals surface area contributed by atoms with Crippen molar-refractivity contribution >= 4 is 29.3 Å². The maximum atomic E-state index is 12.1. The van der Waals surface area contributed by atoms with Gasteiger partial charge in [-0.3, -0.25) is 9.78 Å². The molecule has 2 rings (SSSR count). The number of carbonyl (C=O) groups is 2. The maximum absolute atomic E-state index is 12.1. The first kappa shape index (κ1) is 14.9. The molecule has 0 aliphatic heterocycles. The van der Waals surface area contributed by atoms with E-state index in [1.165, 1.54) is 17.4 Å². The molecule has 0 aliphatic carbocycles. The summed E-state index contributed by atoms with van der Waals surface area (Å²) in [7, 11) is 1.71. The highest BCUT2D eigenvalue weighted by atomic mass is 32.1. The molecule has 1 N–H and O–H groups in total. The van der Waals surface area contributed by atoms with Crippen LogP contribution in [0.4, 0.5) is 0 Å². The van der Waals surface area contributed by atoms with Gasteiger partial charge in [-0.2, -0.15) is 0 Å². The lowest BCUT2D eigenvalue weighted by molar-refractivity contribution is -0.131. The number of nitrogens with zero attached hydrogens (tertiary/aromatic N) is 2. The Morgan fingerprint density at radius 1 is 1.43 bits per heavy atom. The number of carboxylic acids is 1. The van der Waals surface area contributed by atoms with E-state index in [9.17, 15) is 9.59 Å². The third kappa shape index (κ3) is 4.25. The van der Waals surface area contributed by atoms with Gasteiger partial charge < -0.3 is 10.0 Å². The summed E-state index contributed by atoms with van der Waals surface area (Å²) in [5.41, 5.74) is 1.22. The molecule has 0 saturated carbocycles. The minimum Gasteiger partial charge on any atom is -0.478 e. The van der Waals surface area contributed by atoms with E-state index in [-0.39, 0.29) is 5.91 Å². The van der Waals surface area contributed by atoms with Crippen LogP contribution in [0.2, 0.25) is 0 Å². The summed E-state index contributed by atoms with van der Waals surface area (Å²) in [6.07, 6.45) is 4.21. The van der Waals surface area contributed by atoms with E-state index in [4.69, 9.17) is 5.11 Å². The number of carbonyl (C=O) groups excluding carboxylic acids is 1. The largest absolute Gasteiger partial charge is 0.478 e. The van der Waals surface area contributed by atoms with Crippen LogP contribution >= 0.6 is 11.3 Å². The third-order valence-electron chi connectivity index (χ3n) is 2.72. The molecule has 21 heavy (non-hydrogen) atoms. The SMILES string of the molecule is CN(Cc1cc(C=CC(=O)O)cs1)C(=O)c1ccccn1. The molecule has 0 spiro atoms. The predicted molar refractivity (Wildman–Crippen MR) is 81.0 cm³/mol. The van der Waals surface area contributed by atoms with E-state index in [0.717, 1.165) is 16.5 Å². The van der Waals surface area contributed by atoms with Gasteiger partial charge in [-0.25, -0.2) is 4.79 Å². The van der Waals surface area contributed by atoms with Crippen molar-refractivity contribution in [3.63, 3.8) is 0 Å². The van der Waals surface area contributed by atoms with Crippen LogP contribution in [-0.4, -0.2) is 33.9 Å². The number of thiophene rings is 1. The smallest absolute Gasteiger partial charge is 0.328 e.